The van der Waals surface area contributed by atoms with Crippen LogP contribution in [-0.4, -0.2) is 5.78 Å². The molecule has 0 amide bonds. The van der Waals surface area contributed by atoms with Gasteiger partial charge in [-0.15, -0.1) is 0 Å². The third-order valence-electron chi connectivity index (χ3n) is 2.49. The van der Waals surface area contributed by atoms with Gasteiger partial charge in [-0.1, -0.05) is 18.2 Å². The number of benzene rings is 2. The molecule has 0 radical (unpaired) electrons. The molecule has 90 valence electrons. The highest BCUT2D eigenvalue weighted by Crippen LogP contribution is 2.09. The summed E-state index contributed by atoms with van der Waals surface area (Å²) in [5, 5.41) is 0. The number of hydrogen-bond donors (Lipinski definition) is 1. The van der Waals surface area contributed by atoms with Gasteiger partial charge in [0.2, 0.25) is 0 Å². The zero-order valence-electron chi connectivity index (χ0n) is 9.64. The maximum atomic E-state index is 12.7. The molecular formula is C15H12FNO. The number of ketones is 1. The van der Waals surface area contributed by atoms with E-state index >= 15 is 0 Å². The van der Waals surface area contributed by atoms with Crippen LogP contribution < -0.4 is 5.73 Å². The number of carbonyl (C=O) groups is 1. The smallest absolute Gasteiger partial charge is 0.185 e. The molecule has 0 aliphatic rings. The molecule has 2 aromatic carbocycles. The maximum Gasteiger partial charge on any atom is 0.185 e. The summed E-state index contributed by atoms with van der Waals surface area (Å²) in [7, 11) is 0. The first kappa shape index (κ1) is 12.0. The molecule has 2 nitrogen and oxygen atoms in total. The van der Waals surface area contributed by atoms with Gasteiger partial charge in [0.1, 0.15) is 5.82 Å². The molecule has 0 saturated heterocycles. The Kier molecular flexibility index (Phi) is 3.53. The molecule has 0 saturated carbocycles. The normalized spacial score (nSPS) is 10.7. The second-order valence-corrected chi connectivity index (χ2v) is 3.87. The molecule has 3 heteroatoms. The lowest BCUT2D eigenvalue weighted by Gasteiger charge is -1.96. The van der Waals surface area contributed by atoms with Gasteiger partial charge in [0.05, 0.1) is 0 Å². The number of rotatable bonds is 3. The summed E-state index contributed by atoms with van der Waals surface area (Å²) < 4.78 is 12.7. The fourth-order valence-corrected chi connectivity index (χ4v) is 1.49. The Balaban J connectivity index is 2.11. The average molecular weight is 241 g/mol. The minimum Gasteiger partial charge on any atom is -0.399 e. The van der Waals surface area contributed by atoms with Crippen LogP contribution in [0.2, 0.25) is 0 Å². The molecule has 18 heavy (non-hydrogen) atoms. The Labute approximate surface area is 105 Å². The SMILES string of the molecule is Nc1ccc(/C=C/C(=O)c2ccc(F)cc2)cc1. The lowest BCUT2D eigenvalue weighted by molar-refractivity contribution is 0.104. The van der Waals surface area contributed by atoms with E-state index in [0.717, 1.165) is 5.56 Å². The van der Waals surface area contributed by atoms with E-state index in [1.807, 2.05) is 12.1 Å². The summed E-state index contributed by atoms with van der Waals surface area (Å²) in [5.41, 5.74) is 7.59. The summed E-state index contributed by atoms with van der Waals surface area (Å²) in [6.07, 6.45) is 3.16. The van der Waals surface area contributed by atoms with Crippen LogP contribution in [0.5, 0.6) is 0 Å². The summed E-state index contributed by atoms with van der Waals surface area (Å²) in [6, 6.07) is 12.6. The first-order valence-corrected chi connectivity index (χ1v) is 5.49. The molecule has 0 aromatic heterocycles. The number of carbonyl (C=O) groups excluding carboxylic acids is 1. The van der Waals surface area contributed by atoms with Crippen molar-refractivity contribution in [2.45, 2.75) is 0 Å². The molecular weight excluding hydrogens is 229 g/mol. The van der Waals surface area contributed by atoms with Crippen molar-refractivity contribution < 1.29 is 9.18 Å². The number of nitrogen functional groups attached to an aromatic ring is 1. The summed E-state index contributed by atoms with van der Waals surface area (Å²) in [4.78, 5) is 11.8. The van der Waals surface area contributed by atoms with E-state index in [9.17, 15) is 9.18 Å². The third-order valence-corrected chi connectivity index (χ3v) is 2.49. The van der Waals surface area contributed by atoms with E-state index in [2.05, 4.69) is 0 Å². The standard InChI is InChI=1S/C15H12FNO/c16-13-6-4-12(5-7-13)15(18)10-3-11-1-8-14(17)9-2-11/h1-10H,17H2/b10-3+. The van der Waals surface area contributed by atoms with Crippen LogP contribution in [0.1, 0.15) is 15.9 Å². The van der Waals surface area contributed by atoms with Gasteiger partial charge in [-0.25, -0.2) is 4.39 Å². The molecule has 0 atom stereocenters. The average Bonchev–Trinajstić information content (AvgIpc) is 2.38. The Morgan fingerprint density at radius 3 is 2.22 bits per heavy atom. The van der Waals surface area contributed by atoms with Gasteiger partial charge in [-0.2, -0.15) is 0 Å². The van der Waals surface area contributed by atoms with Crippen LogP contribution >= 0.6 is 0 Å². The van der Waals surface area contributed by atoms with Crippen molar-refractivity contribution in [3.05, 3.63) is 71.6 Å². The molecule has 0 bridgehead atoms. The molecule has 0 spiro atoms. The highest BCUT2D eigenvalue weighted by atomic mass is 19.1. The van der Waals surface area contributed by atoms with E-state index in [-0.39, 0.29) is 11.6 Å². The van der Waals surface area contributed by atoms with Gasteiger partial charge >= 0.3 is 0 Å². The monoisotopic (exact) mass is 241 g/mol. The lowest BCUT2D eigenvalue weighted by Crippen LogP contribution is -1.93. The van der Waals surface area contributed by atoms with Crippen molar-refractivity contribution in [2.24, 2.45) is 0 Å². The molecule has 2 rings (SSSR count). The maximum absolute atomic E-state index is 12.7. The van der Waals surface area contributed by atoms with Crippen molar-refractivity contribution in [1.82, 2.24) is 0 Å². The number of nitrogens with two attached hydrogens (primary N) is 1. The van der Waals surface area contributed by atoms with Crippen molar-refractivity contribution in [1.29, 1.82) is 0 Å². The predicted octanol–water partition coefficient (Wildman–Crippen LogP) is 3.30. The topological polar surface area (TPSA) is 43.1 Å². The van der Waals surface area contributed by atoms with Crippen LogP contribution in [-0.2, 0) is 0 Å². The molecule has 2 aromatic rings. The minimum atomic E-state index is -0.353. The first-order valence-electron chi connectivity index (χ1n) is 5.49. The van der Waals surface area contributed by atoms with Crippen molar-refractivity contribution in [3.63, 3.8) is 0 Å². The fourth-order valence-electron chi connectivity index (χ4n) is 1.49. The number of allylic oxidation sites excluding steroid dienone is 1. The van der Waals surface area contributed by atoms with E-state index < -0.39 is 0 Å². The lowest BCUT2D eigenvalue weighted by atomic mass is 10.1. The van der Waals surface area contributed by atoms with E-state index in [1.54, 1.807) is 18.2 Å². The van der Waals surface area contributed by atoms with Crippen LogP contribution in [0.15, 0.2) is 54.6 Å². The fraction of sp³-hybridized carbons (Fsp3) is 0. The van der Waals surface area contributed by atoms with Crippen LogP contribution in [0.25, 0.3) is 6.08 Å². The second-order valence-electron chi connectivity index (χ2n) is 3.87. The number of hydrogen-bond acceptors (Lipinski definition) is 2. The number of anilines is 1. The Bertz CT molecular complexity index is 570. The Morgan fingerprint density at radius 2 is 1.61 bits per heavy atom. The van der Waals surface area contributed by atoms with Crippen LogP contribution in [0.3, 0.4) is 0 Å². The molecule has 0 fully saturated rings. The van der Waals surface area contributed by atoms with Gasteiger partial charge in [-0.05, 0) is 48.0 Å². The van der Waals surface area contributed by atoms with E-state index in [1.165, 1.54) is 30.3 Å². The van der Waals surface area contributed by atoms with E-state index in [0.29, 0.717) is 11.3 Å². The first-order chi connectivity index (χ1) is 8.65. The van der Waals surface area contributed by atoms with Gasteiger partial charge in [0.25, 0.3) is 0 Å². The van der Waals surface area contributed by atoms with Crippen molar-refractivity contribution in [3.8, 4) is 0 Å². The quantitative estimate of drug-likeness (QED) is 0.509. The van der Waals surface area contributed by atoms with E-state index in [4.69, 9.17) is 5.73 Å². The molecule has 2 N–H and O–H groups in total. The van der Waals surface area contributed by atoms with Gasteiger partial charge in [0.15, 0.2) is 5.78 Å². The minimum absolute atomic E-state index is 0.160. The second kappa shape index (κ2) is 5.27. The van der Waals surface area contributed by atoms with Gasteiger partial charge < -0.3 is 5.73 Å². The largest absolute Gasteiger partial charge is 0.399 e. The van der Waals surface area contributed by atoms with Crippen molar-refractivity contribution >= 4 is 17.5 Å². The van der Waals surface area contributed by atoms with Crippen LogP contribution in [0.4, 0.5) is 10.1 Å². The summed E-state index contributed by atoms with van der Waals surface area (Å²) in [6.45, 7) is 0. The van der Waals surface area contributed by atoms with Gasteiger partial charge in [0, 0.05) is 11.3 Å². The summed E-state index contributed by atoms with van der Waals surface area (Å²) in [5.74, 6) is -0.513. The molecule has 0 aliphatic heterocycles. The zero-order chi connectivity index (χ0) is 13.0. The summed E-state index contributed by atoms with van der Waals surface area (Å²) >= 11 is 0. The van der Waals surface area contributed by atoms with Crippen molar-refractivity contribution in [2.75, 3.05) is 5.73 Å². The highest BCUT2D eigenvalue weighted by molar-refractivity contribution is 6.06. The third kappa shape index (κ3) is 3.04. The Morgan fingerprint density at radius 1 is 1.00 bits per heavy atom. The highest BCUT2D eigenvalue weighted by Gasteiger charge is 2.01. The molecule has 0 aliphatic carbocycles. The van der Waals surface area contributed by atoms with Gasteiger partial charge in [-0.3, -0.25) is 4.79 Å². The molecule has 0 unspecified atom stereocenters. The Hall–Kier alpha value is -2.42. The molecule has 0 heterocycles. The van der Waals surface area contributed by atoms with Crippen LogP contribution in [0, 0.1) is 5.82 Å². The zero-order valence-corrected chi connectivity index (χ0v) is 9.64. The number of halogens is 1. The predicted molar refractivity (Wildman–Crippen MR) is 70.6 cm³/mol.